The van der Waals surface area contributed by atoms with Gasteiger partial charge in [0, 0.05) is 24.4 Å². The van der Waals surface area contributed by atoms with Gasteiger partial charge in [0.25, 0.3) is 10.0 Å². The maximum absolute atomic E-state index is 14.3. The predicted octanol–water partition coefficient (Wildman–Crippen LogP) is 5.83. The first-order valence-electron chi connectivity index (χ1n) is 14.2. The molecule has 0 aliphatic carbocycles. The van der Waals surface area contributed by atoms with Crippen LogP contribution in [0.4, 0.5) is 10.1 Å². The lowest BCUT2D eigenvalue weighted by atomic mass is 10.0. The molecule has 4 aromatic carbocycles. The molecular weight excluding hydrogens is 598 g/mol. The maximum Gasteiger partial charge on any atom is 0.264 e. The van der Waals surface area contributed by atoms with Gasteiger partial charge < -0.3 is 10.2 Å². The molecular formula is C34H36FN3O4S2. The molecule has 0 spiro atoms. The fourth-order valence-corrected chi connectivity index (χ4v) is 6.57. The SMILES string of the molecule is CCNC(=O)C(Cc1ccccc1)N(Cc1ccc(F)cc1)C(=O)CN(c1ccc(C)cc1)S(=O)(=O)c1ccc(SC)cc1. The fourth-order valence-electron chi connectivity index (χ4n) is 4.75. The zero-order valence-corrected chi connectivity index (χ0v) is 26.6. The van der Waals surface area contributed by atoms with Gasteiger partial charge in [-0.1, -0.05) is 60.2 Å². The zero-order valence-electron chi connectivity index (χ0n) is 24.9. The highest BCUT2D eigenvalue weighted by molar-refractivity contribution is 7.98. The van der Waals surface area contributed by atoms with Gasteiger partial charge in [0.05, 0.1) is 10.6 Å². The molecule has 10 heteroatoms. The Morgan fingerprint density at radius 3 is 2.09 bits per heavy atom. The van der Waals surface area contributed by atoms with Crippen LogP contribution in [0.3, 0.4) is 0 Å². The minimum absolute atomic E-state index is 0.0298. The van der Waals surface area contributed by atoms with Gasteiger partial charge in [0.1, 0.15) is 18.4 Å². The number of likely N-dealkylation sites (N-methyl/N-ethyl adjacent to an activating group) is 1. The van der Waals surface area contributed by atoms with E-state index in [2.05, 4.69) is 5.32 Å². The van der Waals surface area contributed by atoms with Crippen LogP contribution < -0.4 is 9.62 Å². The Balaban J connectivity index is 1.78. The number of nitrogens with one attached hydrogen (secondary N) is 1. The molecule has 1 unspecified atom stereocenters. The molecule has 0 saturated heterocycles. The number of hydrogen-bond acceptors (Lipinski definition) is 5. The summed E-state index contributed by atoms with van der Waals surface area (Å²) in [6.45, 7) is 3.44. The van der Waals surface area contributed by atoms with Crippen LogP contribution in [0.15, 0.2) is 113 Å². The number of hydrogen-bond donors (Lipinski definition) is 1. The van der Waals surface area contributed by atoms with E-state index in [-0.39, 0.29) is 23.8 Å². The van der Waals surface area contributed by atoms with E-state index in [0.29, 0.717) is 17.8 Å². The second kappa shape index (κ2) is 15.0. The van der Waals surface area contributed by atoms with Crippen molar-refractivity contribution in [2.45, 2.75) is 42.6 Å². The maximum atomic E-state index is 14.3. The minimum atomic E-state index is -4.19. The lowest BCUT2D eigenvalue weighted by Gasteiger charge is -2.34. The van der Waals surface area contributed by atoms with Gasteiger partial charge in [0.15, 0.2) is 0 Å². The van der Waals surface area contributed by atoms with Crippen LogP contribution >= 0.6 is 11.8 Å². The number of carbonyl (C=O) groups excluding carboxylic acids is 2. The van der Waals surface area contributed by atoms with Gasteiger partial charge in [-0.2, -0.15) is 0 Å². The summed E-state index contributed by atoms with van der Waals surface area (Å²) in [5.74, 6) is -1.38. The molecule has 44 heavy (non-hydrogen) atoms. The van der Waals surface area contributed by atoms with E-state index in [4.69, 9.17) is 0 Å². The molecule has 7 nitrogen and oxygen atoms in total. The lowest BCUT2D eigenvalue weighted by Crippen LogP contribution is -2.53. The van der Waals surface area contributed by atoms with E-state index in [1.807, 2.05) is 43.5 Å². The molecule has 0 aliphatic heterocycles. The van der Waals surface area contributed by atoms with Crippen LogP contribution in [-0.4, -0.2) is 50.5 Å². The summed E-state index contributed by atoms with van der Waals surface area (Å²) >= 11 is 1.49. The Morgan fingerprint density at radius 1 is 0.864 bits per heavy atom. The van der Waals surface area contributed by atoms with Crippen molar-refractivity contribution in [3.63, 3.8) is 0 Å². The summed E-state index contributed by atoms with van der Waals surface area (Å²) in [6, 6.07) is 27.4. The smallest absolute Gasteiger partial charge is 0.264 e. The highest BCUT2D eigenvalue weighted by Gasteiger charge is 2.34. The minimum Gasteiger partial charge on any atom is -0.355 e. The van der Waals surface area contributed by atoms with E-state index >= 15 is 0 Å². The average molecular weight is 634 g/mol. The van der Waals surface area contributed by atoms with Crippen molar-refractivity contribution in [1.82, 2.24) is 10.2 Å². The molecule has 1 N–H and O–H groups in total. The van der Waals surface area contributed by atoms with E-state index < -0.39 is 34.3 Å². The summed E-state index contributed by atoms with van der Waals surface area (Å²) in [4.78, 5) is 30.2. The number of amides is 2. The molecule has 0 aromatic heterocycles. The van der Waals surface area contributed by atoms with Crippen molar-refractivity contribution in [3.8, 4) is 0 Å². The molecule has 1 atom stereocenters. The van der Waals surface area contributed by atoms with Crippen LogP contribution in [0.5, 0.6) is 0 Å². The van der Waals surface area contributed by atoms with E-state index in [9.17, 15) is 22.4 Å². The summed E-state index contributed by atoms with van der Waals surface area (Å²) in [7, 11) is -4.19. The van der Waals surface area contributed by atoms with Crippen LogP contribution in [0.2, 0.25) is 0 Å². The Morgan fingerprint density at radius 2 is 1.50 bits per heavy atom. The predicted molar refractivity (Wildman–Crippen MR) is 174 cm³/mol. The van der Waals surface area contributed by atoms with Gasteiger partial charge in [-0.15, -0.1) is 11.8 Å². The van der Waals surface area contributed by atoms with E-state index in [1.165, 1.54) is 40.9 Å². The highest BCUT2D eigenvalue weighted by atomic mass is 32.2. The zero-order chi connectivity index (χ0) is 31.7. The standard InChI is InChI=1S/C34H36FN3O4S2/c1-4-36-34(40)32(22-26-8-6-5-7-9-26)37(23-27-12-14-28(35)15-13-27)33(39)24-38(29-16-10-25(2)11-17-29)44(41,42)31-20-18-30(43-3)19-21-31/h5-21,32H,4,22-24H2,1-3H3,(H,36,40). The monoisotopic (exact) mass is 633 g/mol. The Labute approximate surface area is 263 Å². The summed E-state index contributed by atoms with van der Waals surface area (Å²) < 4.78 is 43.0. The third kappa shape index (κ3) is 8.27. The van der Waals surface area contributed by atoms with Gasteiger partial charge in [0.2, 0.25) is 11.8 Å². The Bertz CT molecular complexity index is 1650. The lowest BCUT2D eigenvalue weighted by molar-refractivity contribution is -0.140. The van der Waals surface area contributed by atoms with Crippen molar-refractivity contribution < 1.29 is 22.4 Å². The molecule has 0 radical (unpaired) electrons. The number of benzene rings is 4. The van der Waals surface area contributed by atoms with Crippen LogP contribution in [0.1, 0.15) is 23.6 Å². The van der Waals surface area contributed by atoms with Crippen molar-refractivity contribution >= 4 is 39.3 Å². The van der Waals surface area contributed by atoms with Crippen LogP contribution in [0, 0.1) is 12.7 Å². The average Bonchev–Trinajstić information content (AvgIpc) is 3.03. The normalized spacial score (nSPS) is 11.9. The van der Waals surface area contributed by atoms with E-state index in [0.717, 1.165) is 20.3 Å². The Kier molecular flexibility index (Phi) is 11.2. The number of nitrogens with zero attached hydrogens (tertiary/aromatic N) is 2. The number of anilines is 1. The summed E-state index contributed by atoms with van der Waals surface area (Å²) in [5, 5.41) is 2.83. The number of aryl methyl sites for hydroxylation is 1. The topological polar surface area (TPSA) is 86.8 Å². The fraction of sp³-hybridized carbons (Fsp3) is 0.235. The second-order valence-electron chi connectivity index (χ2n) is 10.3. The van der Waals surface area contributed by atoms with Crippen molar-refractivity contribution in [2.24, 2.45) is 0 Å². The molecule has 0 bridgehead atoms. The molecule has 0 aliphatic rings. The molecule has 4 aromatic rings. The number of halogens is 1. The van der Waals surface area contributed by atoms with Gasteiger partial charge >= 0.3 is 0 Å². The number of sulfonamides is 1. The molecule has 4 rings (SSSR count). The third-order valence-corrected chi connectivity index (χ3v) is 9.67. The largest absolute Gasteiger partial charge is 0.355 e. The first-order valence-corrected chi connectivity index (χ1v) is 16.9. The molecule has 0 heterocycles. The highest BCUT2D eigenvalue weighted by Crippen LogP contribution is 2.27. The quantitative estimate of drug-likeness (QED) is 0.187. The molecule has 0 saturated carbocycles. The number of rotatable bonds is 13. The van der Waals surface area contributed by atoms with Crippen molar-refractivity contribution in [1.29, 1.82) is 0 Å². The number of thioether (sulfide) groups is 1. The second-order valence-corrected chi connectivity index (χ2v) is 13.0. The first kappa shape index (κ1) is 32.8. The molecule has 0 fully saturated rings. The Hall–Kier alpha value is -4.15. The molecule has 230 valence electrons. The van der Waals surface area contributed by atoms with E-state index in [1.54, 1.807) is 55.5 Å². The van der Waals surface area contributed by atoms with Gasteiger partial charge in [-0.05, 0) is 79.8 Å². The summed E-state index contributed by atoms with van der Waals surface area (Å²) in [6.07, 6.45) is 2.10. The van der Waals surface area contributed by atoms with Gasteiger partial charge in [-0.25, -0.2) is 12.8 Å². The van der Waals surface area contributed by atoms with Gasteiger partial charge in [-0.3, -0.25) is 13.9 Å². The van der Waals surface area contributed by atoms with Crippen molar-refractivity contribution in [3.05, 3.63) is 126 Å². The van der Waals surface area contributed by atoms with Crippen molar-refractivity contribution in [2.75, 3.05) is 23.7 Å². The summed E-state index contributed by atoms with van der Waals surface area (Å²) in [5.41, 5.74) is 2.67. The number of carbonyl (C=O) groups is 2. The molecule has 2 amide bonds. The first-order chi connectivity index (χ1) is 21.1. The van der Waals surface area contributed by atoms with Crippen LogP contribution in [0.25, 0.3) is 0 Å². The van der Waals surface area contributed by atoms with Crippen LogP contribution in [-0.2, 0) is 32.6 Å². The third-order valence-electron chi connectivity index (χ3n) is 7.14.